The zero-order chi connectivity index (χ0) is 21.1. The molecule has 0 radical (unpaired) electrons. The zero-order valence-corrected chi connectivity index (χ0v) is 18.3. The average molecular weight is 432 g/mol. The summed E-state index contributed by atoms with van der Waals surface area (Å²) in [5.41, 5.74) is 4.98. The van der Waals surface area contributed by atoms with Gasteiger partial charge in [-0.25, -0.2) is 4.79 Å². The Labute approximate surface area is 181 Å². The molecule has 29 heavy (non-hydrogen) atoms. The fourth-order valence-electron chi connectivity index (χ4n) is 3.54. The van der Waals surface area contributed by atoms with Gasteiger partial charge in [-0.15, -0.1) is 0 Å². The molecule has 0 bridgehead atoms. The Bertz CT molecular complexity index is 991. The Morgan fingerprint density at radius 1 is 1.00 bits per heavy atom. The standard InChI is InChI=1S/C23H23Cl2NO3/c1-13-14(2)26-15(3)22(23(27)28-4)21(13)16-8-5-6-11-20(16)29-12-17-18(24)9-7-10-19(17)25/h5-11,21,26H,12H2,1-4H3. The highest BCUT2D eigenvalue weighted by atomic mass is 35.5. The predicted molar refractivity (Wildman–Crippen MR) is 116 cm³/mol. The lowest BCUT2D eigenvalue weighted by Crippen LogP contribution is -2.28. The van der Waals surface area contributed by atoms with Crippen LogP contribution in [0.3, 0.4) is 0 Å². The van der Waals surface area contributed by atoms with Gasteiger partial charge in [-0.05, 0) is 44.5 Å². The molecule has 0 amide bonds. The van der Waals surface area contributed by atoms with Crippen LogP contribution < -0.4 is 10.1 Å². The van der Waals surface area contributed by atoms with Gasteiger partial charge in [0.2, 0.25) is 0 Å². The lowest BCUT2D eigenvalue weighted by Gasteiger charge is -2.30. The van der Waals surface area contributed by atoms with E-state index in [1.165, 1.54) is 7.11 Å². The highest BCUT2D eigenvalue weighted by Crippen LogP contribution is 2.42. The third-order valence-electron chi connectivity index (χ3n) is 5.16. The maximum Gasteiger partial charge on any atom is 0.336 e. The quantitative estimate of drug-likeness (QED) is 0.589. The van der Waals surface area contributed by atoms with Gasteiger partial charge >= 0.3 is 5.97 Å². The predicted octanol–water partition coefficient (Wildman–Crippen LogP) is 6.00. The van der Waals surface area contributed by atoms with Crippen LogP contribution >= 0.6 is 23.2 Å². The Morgan fingerprint density at radius 3 is 2.31 bits per heavy atom. The van der Waals surface area contributed by atoms with Crippen LogP contribution in [-0.2, 0) is 16.1 Å². The van der Waals surface area contributed by atoms with E-state index in [0.29, 0.717) is 21.4 Å². The average Bonchev–Trinajstić information content (AvgIpc) is 2.70. The molecule has 2 aromatic rings. The van der Waals surface area contributed by atoms with Gasteiger partial charge in [-0.1, -0.05) is 47.5 Å². The van der Waals surface area contributed by atoms with Crippen molar-refractivity contribution in [1.82, 2.24) is 5.32 Å². The van der Waals surface area contributed by atoms with Crippen molar-refractivity contribution in [3.05, 3.63) is 86.2 Å². The van der Waals surface area contributed by atoms with E-state index in [9.17, 15) is 4.79 Å². The number of methoxy groups -OCH3 is 1. The molecule has 1 aliphatic rings. The lowest BCUT2D eigenvalue weighted by molar-refractivity contribution is -0.136. The van der Waals surface area contributed by atoms with Crippen molar-refractivity contribution in [3.8, 4) is 5.75 Å². The molecule has 0 aromatic heterocycles. The molecule has 1 unspecified atom stereocenters. The van der Waals surface area contributed by atoms with Gasteiger partial charge in [0.05, 0.1) is 12.7 Å². The fraction of sp³-hybridized carbons (Fsp3) is 0.261. The van der Waals surface area contributed by atoms with E-state index in [4.69, 9.17) is 32.7 Å². The first kappa shape index (κ1) is 21.3. The van der Waals surface area contributed by atoms with Crippen molar-refractivity contribution in [3.63, 3.8) is 0 Å². The maximum atomic E-state index is 12.6. The van der Waals surface area contributed by atoms with Crippen molar-refractivity contribution in [2.75, 3.05) is 7.11 Å². The molecule has 152 valence electrons. The Balaban J connectivity index is 2.02. The molecule has 6 heteroatoms. The van der Waals surface area contributed by atoms with E-state index in [2.05, 4.69) is 5.32 Å². The van der Waals surface area contributed by atoms with Gasteiger partial charge in [0, 0.05) is 38.5 Å². The minimum atomic E-state index is -0.365. The number of esters is 1. The van der Waals surface area contributed by atoms with E-state index in [0.717, 1.165) is 28.1 Å². The smallest absolute Gasteiger partial charge is 0.336 e. The summed E-state index contributed by atoms with van der Waals surface area (Å²) in [6.45, 7) is 6.09. The topological polar surface area (TPSA) is 47.6 Å². The first-order chi connectivity index (χ1) is 13.8. The lowest BCUT2D eigenvalue weighted by atomic mass is 9.81. The van der Waals surface area contributed by atoms with Crippen molar-refractivity contribution in [1.29, 1.82) is 0 Å². The monoisotopic (exact) mass is 431 g/mol. The van der Waals surface area contributed by atoms with Gasteiger partial charge in [-0.3, -0.25) is 0 Å². The summed E-state index contributed by atoms with van der Waals surface area (Å²) in [6.07, 6.45) is 0. The second-order valence-corrected chi connectivity index (χ2v) is 7.74. The van der Waals surface area contributed by atoms with Gasteiger partial charge in [0.1, 0.15) is 12.4 Å². The van der Waals surface area contributed by atoms with Crippen LogP contribution in [-0.4, -0.2) is 13.1 Å². The van der Waals surface area contributed by atoms with Crippen molar-refractivity contribution in [2.45, 2.75) is 33.3 Å². The van der Waals surface area contributed by atoms with Gasteiger partial charge in [0.15, 0.2) is 0 Å². The van der Waals surface area contributed by atoms with Gasteiger partial charge in [0.25, 0.3) is 0 Å². The Morgan fingerprint density at radius 2 is 1.66 bits per heavy atom. The molecule has 2 aromatic carbocycles. The highest BCUT2D eigenvalue weighted by molar-refractivity contribution is 6.35. The number of benzene rings is 2. The molecule has 0 saturated carbocycles. The largest absolute Gasteiger partial charge is 0.488 e. The first-order valence-corrected chi connectivity index (χ1v) is 9.98. The normalized spacial score (nSPS) is 16.6. The zero-order valence-electron chi connectivity index (χ0n) is 16.8. The van der Waals surface area contributed by atoms with Crippen molar-refractivity contribution in [2.24, 2.45) is 0 Å². The van der Waals surface area contributed by atoms with E-state index in [1.54, 1.807) is 18.2 Å². The number of carbonyl (C=O) groups excluding carboxylic acids is 1. The SMILES string of the molecule is COC(=O)C1=C(C)NC(C)=C(C)C1c1ccccc1OCc1c(Cl)cccc1Cl. The maximum absolute atomic E-state index is 12.6. The number of dihydropyridines is 1. The molecule has 1 heterocycles. The summed E-state index contributed by atoms with van der Waals surface area (Å²) in [5, 5.41) is 4.37. The van der Waals surface area contributed by atoms with Crippen molar-refractivity contribution < 1.29 is 14.3 Å². The Kier molecular flexibility index (Phi) is 6.56. The first-order valence-electron chi connectivity index (χ1n) is 9.23. The molecule has 1 N–H and O–H groups in total. The Hall–Kier alpha value is -2.43. The van der Waals surface area contributed by atoms with Gasteiger partial charge in [-0.2, -0.15) is 0 Å². The minimum absolute atomic E-state index is 0.221. The number of hydrogen-bond acceptors (Lipinski definition) is 4. The number of ether oxygens (including phenoxy) is 2. The van der Waals surface area contributed by atoms with E-state index in [-0.39, 0.29) is 18.5 Å². The highest BCUT2D eigenvalue weighted by Gasteiger charge is 2.33. The van der Waals surface area contributed by atoms with Crippen LogP contribution in [0.2, 0.25) is 10.0 Å². The molecule has 4 nitrogen and oxygen atoms in total. The second-order valence-electron chi connectivity index (χ2n) is 6.92. The number of nitrogens with one attached hydrogen (secondary N) is 1. The van der Waals surface area contributed by atoms with Crippen LogP contribution in [0.25, 0.3) is 0 Å². The second kappa shape index (κ2) is 8.93. The number of halogens is 2. The van der Waals surface area contributed by atoms with E-state index >= 15 is 0 Å². The molecule has 3 rings (SSSR count). The summed E-state index contributed by atoms with van der Waals surface area (Å²) in [4.78, 5) is 12.6. The van der Waals surface area contributed by atoms with Crippen LogP contribution in [0, 0.1) is 0 Å². The van der Waals surface area contributed by atoms with Crippen LogP contribution in [0.1, 0.15) is 37.8 Å². The molecular formula is C23H23Cl2NO3. The third kappa shape index (κ3) is 4.29. The molecular weight excluding hydrogens is 409 g/mol. The number of rotatable bonds is 5. The number of carbonyl (C=O) groups is 1. The molecule has 1 aliphatic heterocycles. The molecule has 0 saturated heterocycles. The fourth-order valence-corrected chi connectivity index (χ4v) is 4.04. The van der Waals surface area contributed by atoms with Crippen molar-refractivity contribution >= 4 is 29.2 Å². The molecule has 0 fully saturated rings. The summed E-state index contributed by atoms with van der Waals surface area (Å²) in [5.74, 6) is 0.0224. The third-order valence-corrected chi connectivity index (χ3v) is 5.87. The molecule has 1 atom stereocenters. The number of hydrogen-bond donors (Lipinski definition) is 1. The summed E-state index contributed by atoms with van der Waals surface area (Å²) < 4.78 is 11.2. The van der Waals surface area contributed by atoms with E-state index < -0.39 is 0 Å². The number of allylic oxidation sites excluding steroid dienone is 3. The van der Waals surface area contributed by atoms with E-state index in [1.807, 2.05) is 45.0 Å². The minimum Gasteiger partial charge on any atom is -0.488 e. The summed E-state index contributed by atoms with van der Waals surface area (Å²) >= 11 is 12.6. The molecule has 0 aliphatic carbocycles. The van der Waals surface area contributed by atoms with Gasteiger partial charge < -0.3 is 14.8 Å². The number of para-hydroxylation sites is 1. The van der Waals surface area contributed by atoms with Crippen LogP contribution in [0.15, 0.2) is 65.0 Å². The summed E-state index contributed by atoms with van der Waals surface area (Å²) in [6, 6.07) is 13.0. The summed E-state index contributed by atoms with van der Waals surface area (Å²) in [7, 11) is 1.39. The molecule has 0 spiro atoms. The van der Waals surface area contributed by atoms with Crippen LogP contribution in [0.4, 0.5) is 0 Å². The van der Waals surface area contributed by atoms with Crippen LogP contribution in [0.5, 0.6) is 5.75 Å².